The monoisotopic (exact) mass is 377 g/mol. The van der Waals surface area contributed by atoms with E-state index in [1.165, 1.54) is 24.3 Å². The lowest BCUT2D eigenvalue weighted by molar-refractivity contribution is 0.102. The van der Waals surface area contributed by atoms with Gasteiger partial charge in [0.05, 0.1) is 16.3 Å². The van der Waals surface area contributed by atoms with E-state index in [1.54, 1.807) is 0 Å². The lowest BCUT2D eigenvalue weighted by Crippen LogP contribution is -2.14. The number of carbonyl (C=O) groups excluding carboxylic acids is 1. The number of hydrogen-bond donors (Lipinski definition) is 2. The predicted molar refractivity (Wildman–Crippen MR) is 80.2 cm³/mol. The van der Waals surface area contributed by atoms with Gasteiger partial charge in [0.2, 0.25) is 0 Å². The third-order valence-corrected chi connectivity index (χ3v) is 3.45. The van der Waals surface area contributed by atoms with Gasteiger partial charge < -0.3 is 10.4 Å². The third-order valence-electron chi connectivity index (χ3n) is 2.45. The zero-order chi connectivity index (χ0) is 14.9. The Morgan fingerprint density at radius 1 is 1.25 bits per heavy atom. The number of hydrogen-bond acceptors (Lipinski definition) is 2. The molecule has 0 aliphatic carbocycles. The molecule has 0 saturated carbocycles. The average molecular weight is 379 g/mol. The SMILES string of the molecule is O=C(Nc1cc(Cl)cc(Cl)c1O)c1cc(Br)ccc1F. The Balaban J connectivity index is 2.35. The van der Waals surface area contributed by atoms with Gasteiger partial charge in [-0.3, -0.25) is 4.79 Å². The van der Waals surface area contributed by atoms with Crippen LogP contribution in [0.1, 0.15) is 10.4 Å². The summed E-state index contributed by atoms with van der Waals surface area (Å²) in [5, 5.41) is 12.3. The maximum Gasteiger partial charge on any atom is 0.258 e. The number of amides is 1. The Morgan fingerprint density at radius 2 is 1.95 bits per heavy atom. The molecule has 0 aliphatic rings. The molecule has 3 nitrogen and oxygen atoms in total. The number of aromatic hydroxyl groups is 1. The highest BCUT2D eigenvalue weighted by Crippen LogP contribution is 2.35. The number of benzene rings is 2. The van der Waals surface area contributed by atoms with Crippen molar-refractivity contribution in [2.24, 2.45) is 0 Å². The Morgan fingerprint density at radius 3 is 2.65 bits per heavy atom. The van der Waals surface area contributed by atoms with E-state index < -0.39 is 11.7 Å². The Hall–Kier alpha value is -1.30. The molecular formula is C13H7BrCl2FNO2. The number of halogens is 4. The Kier molecular flexibility index (Phi) is 4.52. The van der Waals surface area contributed by atoms with Gasteiger partial charge in [-0.2, -0.15) is 0 Å². The van der Waals surface area contributed by atoms with Gasteiger partial charge >= 0.3 is 0 Å². The van der Waals surface area contributed by atoms with Crippen molar-refractivity contribution in [3.63, 3.8) is 0 Å². The summed E-state index contributed by atoms with van der Waals surface area (Å²) >= 11 is 14.7. The summed E-state index contributed by atoms with van der Waals surface area (Å²) in [6.07, 6.45) is 0. The van der Waals surface area contributed by atoms with Crippen molar-refractivity contribution in [1.82, 2.24) is 0 Å². The van der Waals surface area contributed by atoms with Gasteiger partial charge in [-0.25, -0.2) is 4.39 Å². The maximum atomic E-state index is 13.6. The lowest BCUT2D eigenvalue weighted by Gasteiger charge is -2.10. The second-order valence-corrected chi connectivity index (χ2v) is 5.62. The van der Waals surface area contributed by atoms with Crippen molar-refractivity contribution in [1.29, 1.82) is 0 Å². The minimum Gasteiger partial charge on any atom is -0.504 e. The Labute approximate surface area is 132 Å². The molecule has 0 saturated heterocycles. The molecule has 0 aliphatic heterocycles. The second-order valence-electron chi connectivity index (χ2n) is 3.86. The van der Waals surface area contributed by atoms with E-state index in [2.05, 4.69) is 21.2 Å². The molecule has 2 aromatic rings. The fourth-order valence-electron chi connectivity index (χ4n) is 1.52. The van der Waals surface area contributed by atoms with E-state index in [9.17, 15) is 14.3 Å². The zero-order valence-corrected chi connectivity index (χ0v) is 12.9. The van der Waals surface area contributed by atoms with Crippen LogP contribution in [0.3, 0.4) is 0 Å². The molecule has 0 spiro atoms. The molecule has 0 aromatic heterocycles. The van der Waals surface area contributed by atoms with Crippen molar-refractivity contribution in [2.75, 3.05) is 5.32 Å². The van der Waals surface area contributed by atoms with E-state index in [-0.39, 0.29) is 27.0 Å². The number of anilines is 1. The molecule has 0 bridgehead atoms. The van der Waals surface area contributed by atoms with Crippen LogP contribution in [0.25, 0.3) is 0 Å². The Bertz CT molecular complexity index is 694. The van der Waals surface area contributed by atoms with Crippen LogP contribution in [0.15, 0.2) is 34.8 Å². The predicted octanol–water partition coefficient (Wildman–Crippen LogP) is 4.85. The molecule has 0 unspecified atom stereocenters. The van der Waals surface area contributed by atoms with Crippen LogP contribution in [0, 0.1) is 5.82 Å². The first-order valence-corrected chi connectivity index (χ1v) is 6.88. The number of phenols is 1. The molecule has 2 N–H and O–H groups in total. The van der Waals surface area contributed by atoms with Gasteiger partial charge in [-0.05, 0) is 30.3 Å². The standard InChI is InChI=1S/C13H7BrCl2FNO2/c14-6-1-2-10(17)8(3-6)13(20)18-11-5-7(15)4-9(16)12(11)19/h1-5,19H,(H,18,20). The van der Waals surface area contributed by atoms with E-state index in [1.807, 2.05) is 0 Å². The van der Waals surface area contributed by atoms with Crippen molar-refractivity contribution >= 4 is 50.7 Å². The summed E-state index contributed by atoms with van der Waals surface area (Å²) in [5.74, 6) is -1.74. The maximum absolute atomic E-state index is 13.6. The van der Waals surface area contributed by atoms with Crippen LogP contribution in [-0.4, -0.2) is 11.0 Å². The van der Waals surface area contributed by atoms with E-state index in [4.69, 9.17) is 23.2 Å². The highest BCUT2D eigenvalue weighted by atomic mass is 79.9. The summed E-state index contributed by atoms with van der Waals surface area (Å²) in [4.78, 5) is 12.0. The number of nitrogens with one attached hydrogen (secondary N) is 1. The van der Waals surface area contributed by atoms with Gasteiger partial charge in [-0.15, -0.1) is 0 Å². The first-order valence-electron chi connectivity index (χ1n) is 5.33. The van der Waals surface area contributed by atoms with Crippen LogP contribution < -0.4 is 5.32 Å². The summed E-state index contributed by atoms with van der Waals surface area (Å²) in [7, 11) is 0. The molecule has 0 fully saturated rings. The minimum absolute atomic E-state index is 0.00637. The summed E-state index contributed by atoms with van der Waals surface area (Å²) < 4.78 is 14.1. The fourth-order valence-corrected chi connectivity index (χ4v) is 2.38. The van der Waals surface area contributed by atoms with Gasteiger partial charge in [0.1, 0.15) is 5.82 Å². The number of carbonyl (C=O) groups is 1. The summed E-state index contributed by atoms with van der Waals surface area (Å²) in [6.45, 7) is 0. The van der Waals surface area contributed by atoms with Crippen molar-refractivity contribution in [2.45, 2.75) is 0 Å². The van der Waals surface area contributed by atoms with Gasteiger partial charge in [0.25, 0.3) is 5.91 Å². The van der Waals surface area contributed by atoms with Crippen molar-refractivity contribution in [3.05, 3.63) is 56.2 Å². The van der Waals surface area contributed by atoms with Crippen molar-refractivity contribution < 1.29 is 14.3 Å². The molecule has 7 heteroatoms. The van der Waals surface area contributed by atoms with Crippen LogP contribution >= 0.6 is 39.1 Å². The molecule has 0 heterocycles. The highest BCUT2D eigenvalue weighted by Gasteiger charge is 2.16. The first-order chi connectivity index (χ1) is 9.38. The summed E-state index contributed by atoms with van der Waals surface area (Å²) in [5.41, 5.74) is -0.165. The number of rotatable bonds is 2. The summed E-state index contributed by atoms with van der Waals surface area (Å²) in [6, 6.07) is 6.60. The van der Waals surface area contributed by atoms with Crippen LogP contribution in [0.2, 0.25) is 10.0 Å². The smallest absolute Gasteiger partial charge is 0.258 e. The quantitative estimate of drug-likeness (QED) is 0.733. The molecule has 20 heavy (non-hydrogen) atoms. The van der Waals surface area contributed by atoms with Crippen LogP contribution in [-0.2, 0) is 0 Å². The molecule has 0 atom stereocenters. The molecule has 1 amide bonds. The molecule has 2 aromatic carbocycles. The third kappa shape index (κ3) is 3.23. The highest BCUT2D eigenvalue weighted by molar-refractivity contribution is 9.10. The van der Waals surface area contributed by atoms with Gasteiger partial charge in [-0.1, -0.05) is 39.1 Å². The molecule has 2 rings (SSSR count). The molecule has 104 valence electrons. The first kappa shape index (κ1) is 15.1. The van der Waals surface area contributed by atoms with E-state index in [0.29, 0.717) is 4.47 Å². The topological polar surface area (TPSA) is 49.3 Å². The largest absolute Gasteiger partial charge is 0.504 e. The van der Waals surface area contributed by atoms with Crippen LogP contribution in [0.4, 0.5) is 10.1 Å². The molecule has 0 radical (unpaired) electrons. The average Bonchev–Trinajstić information content (AvgIpc) is 2.38. The van der Waals surface area contributed by atoms with Gasteiger partial charge in [0, 0.05) is 9.50 Å². The lowest BCUT2D eigenvalue weighted by atomic mass is 10.2. The zero-order valence-electron chi connectivity index (χ0n) is 9.75. The number of phenolic OH excluding ortho intramolecular Hbond substituents is 1. The van der Waals surface area contributed by atoms with E-state index >= 15 is 0 Å². The van der Waals surface area contributed by atoms with Crippen molar-refractivity contribution in [3.8, 4) is 5.75 Å². The van der Waals surface area contributed by atoms with Gasteiger partial charge in [0.15, 0.2) is 5.75 Å². The fraction of sp³-hybridized carbons (Fsp3) is 0. The molecular weight excluding hydrogens is 372 g/mol. The van der Waals surface area contributed by atoms with E-state index in [0.717, 1.165) is 6.07 Å². The normalized spacial score (nSPS) is 10.4. The second kappa shape index (κ2) is 5.99. The van der Waals surface area contributed by atoms with Crippen LogP contribution in [0.5, 0.6) is 5.75 Å². The minimum atomic E-state index is -0.725.